The van der Waals surface area contributed by atoms with Gasteiger partial charge in [0.15, 0.2) is 11.6 Å². The van der Waals surface area contributed by atoms with Crippen LogP contribution in [0.4, 0.5) is 13.2 Å². The Bertz CT molecular complexity index is 661. The predicted octanol–water partition coefficient (Wildman–Crippen LogP) is 6.69. The normalized spacial score (nSPS) is 14.1. The van der Waals surface area contributed by atoms with Crippen molar-refractivity contribution in [2.45, 2.75) is 40.5 Å². The quantitative estimate of drug-likeness (QED) is 0.450. The van der Waals surface area contributed by atoms with Crippen molar-refractivity contribution < 1.29 is 17.9 Å². The van der Waals surface area contributed by atoms with E-state index in [0.717, 1.165) is 12.8 Å². The third-order valence-electron chi connectivity index (χ3n) is 4.13. The van der Waals surface area contributed by atoms with E-state index < -0.39 is 11.6 Å². The fourth-order valence-corrected chi connectivity index (χ4v) is 2.31. The molecule has 25 heavy (non-hydrogen) atoms. The van der Waals surface area contributed by atoms with Gasteiger partial charge in [0.05, 0.1) is 6.61 Å². The van der Waals surface area contributed by atoms with E-state index in [2.05, 4.69) is 13.2 Å². The number of rotatable bonds is 9. The average molecular weight is 352 g/mol. The molecule has 0 saturated carbocycles. The average Bonchev–Trinajstić information content (AvgIpc) is 2.55. The van der Waals surface area contributed by atoms with Crippen molar-refractivity contribution in [3.63, 3.8) is 0 Å². The summed E-state index contributed by atoms with van der Waals surface area (Å²) in [6.45, 7) is 14.8. The van der Waals surface area contributed by atoms with Crippen molar-refractivity contribution >= 4 is 0 Å². The van der Waals surface area contributed by atoms with Crippen molar-refractivity contribution in [2.75, 3.05) is 6.61 Å². The number of hydrogen-bond acceptors (Lipinski definition) is 1. The molecule has 0 bridgehead atoms. The minimum Gasteiger partial charge on any atom is -0.490 e. The lowest BCUT2D eigenvalue weighted by Gasteiger charge is -2.18. The first kappa shape index (κ1) is 21.1. The fourth-order valence-electron chi connectivity index (χ4n) is 2.31. The van der Waals surface area contributed by atoms with Crippen LogP contribution in [0.15, 0.2) is 48.3 Å². The highest BCUT2D eigenvalue weighted by Crippen LogP contribution is 2.27. The Morgan fingerprint density at radius 3 is 2.40 bits per heavy atom. The second kappa shape index (κ2) is 9.50. The Morgan fingerprint density at radius 1 is 1.16 bits per heavy atom. The van der Waals surface area contributed by atoms with Crippen LogP contribution in [0, 0.1) is 30.4 Å². The maximum absolute atomic E-state index is 13.9. The van der Waals surface area contributed by atoms with Gasteiger partial charge in [-0.25, -0.2) is 8.78 Å². The summed E-state index contributed by atoms with van der Waals surface area (Å²) in [5, 5.41) is 0. The Hall–Kier alpha value is -1.97. The van der Waals surface area contributed by atoms with Crippen molar-refractivity contribution in [1.29, 1.82) is 0 Å². The molecule has 0 spiro atoms. The molecule has 1 aromatic carbocycles. The van der Waals surface area contributed by atoms with Crippen LogP contribution in [0.1, 0.15) is 39.2 Å². The first-order valence-corrected chi connectivity index (χ1v) is 8.42. The van der Waals surface area contributed by atoms with Crippen LogP contribution >= 0.6 is 0 Å². The smallest absolute Gasteiger partial charge is 0.200 e. The third kappa shape index (κ3) is 6.45. The van der Waals surface area contributed by atoms with Crippen molar-refractivity contribution in [2.24, 2.45) is 11.8 Å². The van der Waals surface area contributed by atoms with E-state index in [0.29, 0.717) is 11.1 Å². The van der Waals surface area contributed by atoms with Gasteiger partial charge in [-0.05, 0) is 61.8 Å². The minimum atomic E-state index is -0.957. The van der Waals surface area contributed by atoms with E-state index in [1.54, 1.807) is 6.92 Å². The van der Waals surface area contributed by atoms with E-state index in [1.165, 1.54) is 25.1 Å². The van der Waals surface area contributed by atoms with Crippen molar-refractivity contribution in [3.05, 3.63) is 65.5 Å². The first-order chi connectivity index (χ1) is 11.6. The van der Waals surface area contributed by atoms with E-state index >= 15 is 0 Å². The van der Waals surface area contributed by atoms with Crippen LogP contribution < -0.4 is 4.74 Å². The molecule has 1 aromatic rings. The molecule has 1 rings (SSSR count). The molecule has 0 saturated heterocycles. The molecule has 0 heterocycles. The van der Waals surface area contributed by atoms with Gasteiger partial charge in [-0.15, -0.1) is 0 Å². The fraction of sp³-hybridized carbons (Fsp3) is 0.429. The van der Waals surface area contributed by atoms with Gasteiger partial charge in [-0.1, -0.05) is 38.6 Å². The van der Waals surface area contributed by atoms with E-state index in [-0.39, 0.29) is 35.6 Å². The van der Waals surface area contributed by atoms with Gasteiger partial charge in [0, 0.05) is 0 Å². The summed E-state index contributed by atoms with van der Waals surface area (Å²) in [5.41, 5.74) is 1.33. The van der Waals surface area contributed by atoms with Gasteiger partial charge in [0.1, 0.15) is 5.83 Å². The van der Waals surface area contributed by atoms with Crippen LogP contribution in [-0.4, -0.2) is 6.61 Å². The zero-order chi connectivity index (χ0) is 19.1. The minimum absolute atomic E-state index is 0.0217. The number of allylic oxidation sites excluding steroid dienone is 4. The highest BCUT2D eigenvalue weighted by atomic mass is 19.2. The molecule has 2 atom stereocenters. The number of ether oxygens (including phenoxy) is 1. The van der Waals surface area contributed by atoms with Crippen molar-refractivity contribution in [1.82, 2.24) is 0 Å². The topological polar surface area (TPSA) is 9.23 Å². The third-order valence-corrected chi connectivity index (χ3v) is 4.13. The highest BCUT2D eigenvalue weighted by Gasteiger charge is 2.15. The van der Waals surface area contributed by atoms with Crippen LogP contribution in [0.3, 0.4) is 0 Å². The van der Waals surface area contributed by atoms with Crippen LogP contribution in [0.2, 0.25) is 0 Å². The van der Waals surface area contributed by atoms with Gasteiger partial charge in [-0.2, -0.15) is 4.39 Å². The Kier molecular flexibility index (Phi) is 8.01. The summed E-state index contributed by atoms with van der Waals surface area (Å²) in [6, 6.07) is 2.92. The molecule has 0 aliphatic rings. The zero-order valence-electron chi connectivity index (χ0n) is 15.5. The lowest BCUT2D eigenvalue weighted by Crippen LogP contribution is -2.12. The van der Waals surface area contributed by atoms with Crippen LogP contribution in [0.5, 0.6) is 5.75 Å². The zero-order valence-corrected chi connectivity index (χ0v) is 15.5. The summed E-state index contributed by atoms with van der Waals surface area (Å²) < 4.78 is 46.6. The molecule has 0 radical (unpaired) electrons. The van der Waals surface area contributed by atoms with Gasteiger partial charge >= 0.3 is 0 Å². The Balaban J connectivity index is 2.50. The summed E-state index contributed by atoms with van der Waals surface area (Å²) in [6.07, 6.45) is 2.86. The van der Waals surface area contributed by atoms with E-state index in [1.807, 2.05) is 13.8 Å². The first-order valence-electron chi connectivity index (χ1n) is 8.42. The van der Waals surface area contributed by atoms with Gasteiger partial charge in [0.2, 0.25) is 5.82 Å². The van der Waals surface area contributed by atoms with Crippen molar-refractivity contribution in [3.8, 4) is 5.75 Å². The molecule has 138 valence electrons. The maximum atomic E-state index is 13.9. The van der Waals surface area contributed by atoms with E-state index in [9.17, 15) is 13.2 Å². The standard InChI is InChI=1S/C21H27F3O/c1-13(2)11-18(22)17(6)15(4)8-7-14(3)12-25-19-10-9-16(5)20(23)21(19)24/h9-11,14-15H,1,6-8,12H2,2-5H3/b18-11+. The largest absolute Gasteiger partial charge is 0.490 e. The molecule has 0 N–H and O–H groups in total. The summed E-state index contributed by atoms with van der Waals surface area (Å²) in [7, 11) is 0. The summed E-state index contributed by atoms with van der Waals surface area (Å²) >= 11 is 0. The Labute approximate surface area is 148 Å². The Morgan fingerprint density at radius 2 is 1.80 bits per heavy atom. The maximum Gasteiger partial charge on any atom is 0.200 e. The van der Waals surface area contributed by atoms with Gasteiger partial charge < -0.3 is 4.74 Å². The van der Waals surface area contributed by atoms with Crippen LogP contribution in [0.25, 0.3) is 0 Å². The molecular weight excluding hydrogens is 325 g/mol. The second-order valence-corrected chi connectivity index (χ2v) is 6.77. The SMILES string of the molecule is C=C(C)/C=C(/F)C(=C)C(C)CCC(C)COc1ccc(C)c(F)c1F. The van der Waals surface area contributed by atoms with E-state index in [4.69, 9.17) is 4.74 Å². The number of aryl methyl sites for hydroxylation is 1. The molecular formula is C21H27F3O. The molecule has 0 amide bonds. The lowest BCUT2D eigenvalue weighted by molar-refractivity contribution is 0.233. The molecule has 0 fully saturated rings. The number of hydrogen-bond donors (Lipinski definition) is 0. The van der Waals surface area contributed by atoms with Crippen LogP contribution in [-0.2, 0) is 0 Å². The molecule has 4 heteroatoms. The number of benzene rings is 1. The number of halogens is 3. The van der Waals surface area contributed by atoms with Gasteiger partial charge in [0.25, 0.3) is 0 Å². The molecule has 0 aromatic heterocycles. The predicted molar refractivity (Wildman–Crippen MR) is 97.3 cm³/mol. The second-order valence-electron chi connectivity index (χ2n) is 6.77. The molecule has 0 aliphatic heterocycles. The summed E-state index contributed by atoms with van der Waals surface area (Å²) in [4.78, 5) is 0. The highest BCUT2D eigenvalue weighted by molar-refractivity contribution is 5.31. The molecule has 0 aliphatic carbocycles. The lowest BCUT2D eigenvalue weighted by atomic mass is 9.92. The summed E-state index contributed by atoms with van der Waals surface area (Å²) in [5.74, 6) is -2.17. The van der Waals surface area contributed by atoms with Gasteiger partial charge in [-0.3, -0.25) is 0 Å². The monoisotopic (exact) mass is 352 g/mol. The molecule has 1 nitrogen and oxygen atoms in total. The molecule has 2 unspecified atom stereocenters.